The molecule has 2 aliphatic heterocycles. The van der Waals surface area contributed by atoms with E-state index in [-0.39, 0.29) is 30.4 Å². The molecule has 7 heteroatoms. The molecule has 0 spiro atoms. The lowest BCUT2D eigenvalue weighted by molar-refractivity contribution is -0.139. The molecule has 2 aliphatic rings. The first kappa shape index (κ1) is 22.6. The van der Waals surface area contributed by atoms with Crippen LogP contribution in [0, 0.1) is 5.82 Å². The smallest absolute Gasteiger partial charge is 0.260 e. The highest BCUT2D eigenvalue weighted by atomic mass is 19.1. The van der Waals surface area contributed by atoms with Gasteiger partial charge in [0.25, 0.3) is 5.91 Å². The number of piperazine rings is 1. The lowest BCUT2D eigenvalue weighted by atomic mass is 10.1. The number of morpholine rings is 1. The third-order valence-corrected chi connectivity index (χ3v) is 6.30. The molecule has 2 saturated heterocycles. The van der Waals surface area contributed by atoms with Gasteiger partial charge in [0.05, 0.1) is 18.9 Å². The van der Waals surface area contributed by atoms with E-state index in [2.05, 4.69) is 23.6 Å². The van der Waals surface area contributed by atoms with E-state index in [9.17, 15) is 9.18 Å². The van der Waals surface area contributed by atoms with Crippen molar-refractivity contribution in [1.29, 1.82) is 0 Å². The Labute approximate surface area is 189 Å². The zero-order chi connectivity index (χ0) is 22.5. The molecule has 0 saturated carbocycles. The SMILES string of the molecule is C[C@@H]1CN(C(=O)COc2ccccc2N2CCOCC2)[C@@H](C)CN1Cc1ccc(F)cc1. The summed E-state index contributed by atoms with van der Waals surface area (Å²) < 4.78 is 24.6. The standard InChI is InChI=1S/C25H32FN3O3/c1-19-16-29(20(2)15-28(19)17-21-7-9-22(26)10-8-21)25(30)18-32-24-6-4-3-5-23(24)27-11-13-31-14-12-27/h3-10,19-20H,11-18H2,1-2H3/t19-,20+/m1/s1. The average molecular weight is 442 g/mol. The van der Waals surface area contributed by atoms with Gasteiger partial charge >= 0.3 is 0 Å². The summed E-state index contributed by atoms with van der Waals surface area (Å²) in [5, 5.41) is 0. The molecule has 2 aromatic carbocycles. The van der Waals surface area contributed by atoms with Crippen molar-refractivity contribution < 1.29 is 18.7 Å². The number of nitrogens with zero attached hydrogens (tertiary/aromatic N) is 3. The summed E-state index contributed by atoms with van der Waals surface area (Å²) in [6.45, 7) is 9.43. The van der Waals surface area contributed by atoms with E-state index in [1.807, 2.05) is 41.3 Å². The van der Waals surface area contributed by atoms with Gasteiger partial charge in [-0.25, -0.2) is 4.39 Å². The Morgan fingerprint density at radius 1 is 1.03 bits per heavy atom. The van der Waals surface area contributed by atoms with Gasteiger partial charge in [-0.15, -0.1) is 0 Å². The minimum atomic E-state index is -0.222. The van der Waals surface area contributed by atoms with E-state index >= 15 is 0 Å². The number of ether oxygens (including phenoxy) is 2. The maximum Gasteiger partial charge on any atom is 0.260 e. The molecule has 0 bridgehead atoms. The summed E-state index contributed by atoms with van der Waals surface area (Å²) in [6, 6.07) is 14.8. The minimum absolute atomic E-state index is 0.00237. The molecule has 172 valence electrons. The van der Waals surface area contributed by atoms with Crippen LogP contribution in [0.2, 0.25) is 0 Å². The molecule has 2 heterocycles. The van der Waals surface area contributed by atoms with Gasteiger partial charge in [0, 0.05) is 44.8 Å². The molecule has 0 unspecified atom stereocenters. The molecule has 32 heavy (non-hydrogen) atoms. The van der Waals surface area contributed by atoms with Crippen molar-refractivity contribution in [3.05, 3.63) is 59.9 Å². The van der Waals surface area contributed by atoms with Crippen molar-refractivity contribution in [2.45, 2.75) is 32.5 Å². The molecule has 2 atom stereocenters. The van der Waals surface area contributed by atoms with Gasteiger partial charge in [0.2, 0.25) is 0 Å². The number of carbonyl (C=O) groups is 1. The molecule has 2 aromatic rings. The maximum atomic E-state index is 13.2. The third kappa shape index (κ3) is 5.40. The largest absolute Gasteiger partial charge is 0.482 e. The van der Waals surface area contributed by atoms with Crippen molar-refractivity contribution in [3.8, 4) is 5.75 Å². The second kappa shape index (κ2) is 10.3. The highest BCUT2D eigenvalue weighted by Gasteiger charge is 2.32. The van der Waals surface area contributed by atoms with Crippen molar-refractivity contribution in [3.63, 3.8) is 0 Å². The van der Waals surface area contributed by atoms with Crippen LogP contribution in [0.15, 0.2) is 48.5 Å². The normalized spacial score (nSPS) is 22.1. The quantitative estimate of drug-likeness (QED) is 0.689. The van der Waals surface area contributed by atoms with Crippen molar-refractivity contribution in [1.82, 2.24) is 9.80 Å². The monoisotopic (exact) mass is 441 g/mol. The van der Waals surface area contributed by atoms with Gasteiger partial charge in [-0.05, 0) is 43.7 Å². The number of hydrogen-bond acceptors (Lipinski definition) is 5. The highest BCUT2D eigenvalue weighted by molar-refractivity contribution is 5.78. The summed E-state index contributed by atoms with van der Waals surface area (Å²) in [4.78, 5) is 19.5. The topological polar surface area (TPSA) is 45.3 Å². The number of anilines is 1. The predicted octanol–water partition coefficient (Wildman–Crippen LogP) is 3.16. The zero-order valence-electron chi connectivity index (χ0n) is 18.9. The van der Waals surface area contributed by atoms with Crippen LogP contribution in [-0.4, -0.2) is 73.8 Å². The van der Waals surface area contributed by atoms with E-state index in [1.165, 1.54) is 12.1 Å². The zero-order valence-corrected chi connectivity index (χ0v) is 18.9. The summed E-state index contributed by atoms with van der Waals surface area (Å²) in [7, 11) is 0. The number of carbonyl (C=O) groups excluding carboxylic acids is 1. The number of rotatable bonds is 6. The van der Waals surface area contributed by atoms with Gasteiger partial charge in [-0.3, -0.25) is 9.69 Å². The van der Waals surface area contributed by atoms with E-state index in [1.54, 1.807) is 0 Å². The fraction of sp³-hybridized carbons (Fsp3) is 0.480. The lowest BCUT2D eigenvalue weighted by Gasteiger charge is -2.44. The third-order valence-electron chi connectivity index (χ3n) is 6.30. The van der Waals surface area contributed by atoms with Crippen LogP contribution < -0.4 is 9.64 Å². The first-order valence-electron chi connectivity index (χ1n) is 11.3. The predicted molar refractivity (Wildman–Crippen MR) is 122 cm³/mol. The minimum Gasteiger partial charge on any atom is -0.482 e. The summed E-state index contributed by atoms with van der Waals surface area (Å²) >= 11 is 0. The van der Waals surface area contributed by atoms with E-state index in [0.29, 0.717) is 19.8 Å². The Balaban J connectivity index is 1.34. The molecule has 0 radical (unpaired) electrons. The molecule has 4 rings (SSSR count). The number of amides is 1. The molecule has 6 nitrogen and oxygen atoms in total. The first-order valence-corrected chi connectivity index (χ1v) is 11.3. The van der Waals surface area contributed by atoms with Crippen LogP contribution in [0.3, 0.4) is 0 Å². The van der Waals surface area contributed by atoms with Crippen LogP contribution in [0.5, 0.6) is 5.75 Å². The maximum absolute atomic E-state index is 13.2. The van der Waals surface area contributed by atoms with Crippen molar-refractivity contribution in [2.24, 2.45) is 0 Å². The van der Waals surface area contributed by atoms with E-state index < -0.39 is 0 Å². The Morgan fingerprint density at radius 2 is 1.75 bits per heavy atom. The van der Waals surface area contributed by atoms with Crippen LogP contribution in [0.4, 0.5) is 10.1 Å². The van der Waals surface area contributed by atoms with Crippen LogP contribution in [0.1, 0.15) is 19.4 Å². The Kier molecular flexibility index (Phi) is 7.27. The molecule has 2 fully saturated rings. The molecule has 1 amide bonds. The van der Waals surface area contributed by atoms with Gasteiger partial charge in [0.15, 0.2) is 6.61 Å². The van der Waals surface area contributed by atoms with Gasteiger partial charge in [-0.2, -0.15) is 0 Å². The second-order valence-corrected chi connectivity index (χ2v) is 8.66. The van der Waals surface area contributed by atoms with Gasteiger partial charge in [-0.1, -0.05) is 24.3 Å². The van der Waals surface area contributed by atoms with Crippen molar-refractivity contribution >= 4 is 11.6 Å². The van der Waals surface area contributed by atoms with Crippen molar-refractivity contribution in [2.75, 3.05) is 50.9 Å². The molecule has 0 aromatic heterocycles. The van der Waals surface area contributed by atoms with Gasteiger partial charge in [0.1, 0.15) is 11.6 Å². The van der Waals surface area contributed by atoms with E-state index in [4.69, 9.17) is 9.47 Å². The second-order valence-electron chi connectivity index (χ2n) is 8.66. The van der Waals surface area contributed by atoms with Gasteiger partial charge < -0.3 is 19.3 Å². The molecule has 0 N–H and O–H groups in total. The first-order chi connectivity index (χ1) is 15.5. The Morgan fingerprint density at radius 3 is 2.50 bits per heavy atom. The number of hydrogen-bond donors (Lipinski definition) is 0. The Hall–Kier alpha value is -2.64. The fourth-order valence-corrected chi connectivity index (χ4v) is 4.46. The Bertz CT molecular complexity index is 902. The number of halogens is 1. The van der Waals surface area contributed by atoms with Crippen LogP contribution in [-0.2, 0) is 16.1 Å². The molecule has 0 aliphatic carbocycles. The summed E-state index contributed by atoms with van der Waals surface area (Å²) in [6.07, 6.45) is 0. The van der Waals surface area contributed by atoms with Crippen LogP contribution in [0.25, 0.3) is 0 Å². The fourth-order valence-electron chi connectivity index (χ4n) is 4.46. The summed E-state index contributed by atoms with van der Waals surface area (Å²) in [5.41, 5.74) is 2.09. The molecular formula is C25H32FN3O3. The van der Waals surface area contributed by atoms with Crippen LogP contribution >= 0.6 is 0 Å². The summed E-state index contributed by atoms with van der Waals surface area (Å²) in [5.74, 6) is 0.515. The highest BCUT2D eigenvalue weighted by Crippen LogP contribution is 2.29. The average Bonchev–Trinajstić information content (AvgIpc) is 2.82. The molecular weight excluding hydrogens is 409 g/mol. The number of para-hydroxylation sites is 2. The number of benzene rings is 2. The lowest BCUT2D eigenvalue weighted by Crippen LogP contribution is -2.58. The van der Waals surface area contributed by atoms with E-state index in [0.717, 1.165) is 43.2 Å².